The number of nitro groups is 1. The molecule has 3 N–H and O–H groups in total. The zero-order chi connectivity index (χ0) is 15.4. The van der Waals surface area contributed by atoms with Gasteiger partial charge in [-0.1, -0.05) is 0 Å². The summed E-state index contributed by atoms with van der Waals surface area (Å²) in [7, 11) is 0. The lowest BCUT2D eigenvalue weighted by Gasteiger charge is -2.01. The largest absolute Gasteiger partial charge is 0.335 e. The Kier molecular flexibility index (Phi) is 4.24. The van der Waals surface area contributed by atoms with Gasteiger partial charge >= 0.3 is 0 Å². The van der Waals surface area contributed by atoms with Crippen LogP contribution in [0.3, 0.4) is 0 Å². The van der Waals surface area contributed by atoms with Crippen molar-refractivity contribution in [2.24, 2.45) is 5.10 Å². The second-order valence-corrected chi connectivity index (χ2v) is 4.53. The standard InChI is InChI=1S/C12H11N5O3S/c1-7-10(11(18)15-12(21)14-7)6-13-16-8-2-4-9(5-3-8)17(19)20/h2-6,16H,1H3,(H2,14,15,18,21). The molecule has 0 fully saturated rings. The van der Waals surface area contributed by atoms with Gasteiger partial charge in [-0.2, -0.15) is 5.10 Å². The molecule has 0 radical (unpaired) electrons. The van der Waals surface area contributed by atoms with E-state index in [0.29, 0.717) is 16.9 Å². The molecule has 0 bridgehead atoms. The molecule has 108 valence electrons. The number of nitrogens with zero attached hydrogens (tertiary/aromatic N) is 2. The second kappa shape index (κ2) is 6.09. The Morgan fingerprint density at radius 3 is 2.57 bits per heavy atom. The average Bonchev–Trinajstić information content (AvgIpc) is 2.42. The second-order valence-electron chi connectivity index (χ2n) is 4.12. The van der Waals surface area contributed by atoms with Crippen molar-refractivity contribution >= 4 is 29.8 Å². The Labute approximate surface area is 123 Å². The van der Waals surface area contributed by atoms with Crippen molar-refractivity contribution in [3.8, 4) is 0 Å². The van der Waals surface area contributed by atoms with E-state index in [1.807, 2.05) is 0 Å². The van der Waals surface area contributed by atoms with Crippen LogP contribution in [0.25, 0.3) is 0 Å². The van der Waals surface area contributed by atoms with Crippen LogP contribution in [0.2, 0.25) is 0 Å². The molecular formula is C12H11N5O3S. The van der Waals surface area contributed by atoms with E-state index in [9.17, 15) is 14.9 Å². The number of rotatable bonds is 4. The van der Waals surface area contributed by atoms with Crippen molar-refractivity contribution in [3.05, 3.63) is 60.8 Å². The highest BCUT2D eigenvalue weighted by Gasteiger charge is 2.03. The SMILES string of the molecule is Cc1[nH]c(=S)[nH]c(=O)c1C=NNc1ccc([N+](=O)[O-])cc1. The minimum atomic E-state index is -0.484. The van der Waals surface area contributed by atoms with Crippen LogP contribution in [0.15, 0.2) is 34.2 Å². The third-order valence-corrected chi connectivity index (χ3v) is 2.85. The molecule has 1 aromatic carbocycles. The summed E-state index contributed by atoms with van der Waals surface area (Å²) in [5.41, 5.74) is 3.84. The topological polar surface area (TPSA) is 116 Å². The molecule has 1 heterocycles. The van der Waals surface area contributed by atoms with E-state index >= 15 is 0 Å². The van der Waals surface area contributed by atoms with Gasteiger partial charge in [-0.15, -0.1) is 0 Å². The molecule has 0 saturated heterocycles. The summed E-state index contributed by atoms with van der Waals surface area (Å²) in [4.78, 5) is 27.0. The Hall–Kier alpha value is -2.81. The number of non-ortho nitro benzene ring substituents is 1. The van der Waals surface area contributed by atoms with Gasteiger partial charge in [-0.05, 0) is 31.3 Å². The lowest BCUT2D eigenvalue weighted by Crippen LogP contribution is -2.16. The minimum Gasteiger partial charge on any atom is -0.335 e. The summed E-state index contributed by atoms with van der Waals surface area (Å²) < 4.78 is 0.248. The minimum absolute atomic E-state index is 0.00699. The van der Waals surface area contributed by atoms with Gasteiger partial charge in [0.15, 0.2) is 4.77 Å². The molecule has 0 saturated carbocycles. The predicted molar refractivity (Wildman–Crippen MR) is 81.3 cm³/mol. The van der Waals surface area contributed by atoms with Gasteiger partial charge in [0.25, 0.3) is 11.2 Å². The lowest BCUT2D eigenvalue weighted by molar-refractivity contribution is -0.384. The number of aromatic amines is 2. The molecule has 9 heteroatoms. The number of hydrazone groups is 1. The smallest absolute Gasteiger partial charge is 0.269 e. The molecule has 1 aromatic heterocycles. The fourth-order valence-electron chi connectivity index (χ4n) is 1.59. The van der Waals surface area contributed by atoms with Gasteiger partial charge in [0.2, 0.25) is 0 Å². The first-order valence-corrected chi connectivity index (χ1v) is 6.25. The summed E-state index contributed by atoms with van der Waals surface area (Å²) in [5.74, 6) is 0. The monoisotopic (exact) mass is 305 g/mol. The fourth-order valence-corrected chi connectivity index (χ4v) is 1.84. The van der Waals surface area contributed by atoms with Crippen LogP contribution in [0, 0.1) is 21.8 Å². The number of anilines is 1. The fraction of sp³-hybridized carbons (Fsp3) is 0.0833. The van der Waals surface area contributed by atoms with Gasteiger partial charge in [0, 0.05) is 17.8 Å². The molecule has 0 unspecified atom stereocenters. The van der Waals surface area contributed by atoms with Crippen LogP contribution in [0.5, 0.6) is 0 Å². The van der Waals surface area contributed by atoms with Crippen molar-refractivity contribution in [1.29, 1.82) is 0 Å². The predicted octanol–water partition coefficient (Wildman–Crippen LogP) is 2.10. The number of aromatic nitrogens is 2. The maximum atomic E-state index is 11.7. The number of nitrogens with one attached hydrogen (secondary N) is 3. The Bertz CT molecular complexity index is 807. The molecule has 0 aliphatic carbocycles. The third-order valence-electron chi connectivity index (χ3n) is 2.64. The highest BCUT2D eigenvalue weighted by molar-refractivity contribution is 7.71. The van der Waals surface area contributed by atoms with E-state index in [0.717, 1.165) is 0 Å². The first-order chi connectivity index (χ1) is 9.97. The Morgan fingerprint density at radius 2 is 2.00 bits per heavy atom. The molecular weight excluding hydrogens is 294 g/mol. The van der Waals surface area contributed by atoms with Gasteiger partial charge in [-0.25, -0.2) is 0 Å². The molecule has 0 amide bonds. The Morgan fingerprint density at radius 1 is 1.33 bits per heavy atom. The zero-order valence-corrected chi connectivity index (χ0v) is 11.7. The maximum Gasteiger partial charge on any atom is 0.269 e. The summed E-state index contributed by atoms with van der Waals surface area (Å²) in [5, 5.41) is 14.4. The number of hydrogen-bond donors (Lipinski definition) is 3. The van der Waals surface area contributed by atoms with Crippen LogP contribution >= 0.6 is 12.2 Å². The summed E-state index contributed by atoms with van der Waals surface area (Å²) in [6.45, 7) is 1.71. The number of hydrogen-bond acceptors (Lipinski definition) is 6. The average molecular weight is 305 g/mol. The molecule has 2 rings (SSSR count). The van der Waals surface area contributed by atoms with Crippen molar-refractivity contribution in [1.82, 2.24) is 9.97 Å². The van der Waals surface area contributed by atoms with Crippen molar-refractivity contribution in [3.63, 3.8) is 0 Å². The van der Waals surface area contributed by atoms with Gasteiger partial charge < -0.3 is 4.98 Å². The van der Waals surface area contributed by atoms with Crippen molar-refractivity contribution < 1.29 is 4.92 Å². The van der Waals surface area contributed by atoms with Crippen LogP contribution in [0.1, 0.15) is 11.3 Å². The third kappa shape index (κ3) is 3.60. The van der Waals surface area contributed by atoms with E-state index in [1.54, 1.807) is 6.92 Å². The van der Waals surface area contributed by atoms with Gasteiger partial charge in [0.1, 0.15) is 0 Å². The maximum absolute atomic E-state index is 11.7. The molecule has 21 heavy (non-hydrogen) atoms. The summed E-state index contributed by atoms with van der Waals surface area (Å²) in [6, 6.07) is 5.75. The zero-order valence-electron chi connectivity index (χ0n) is 10.9. The number of nitro benzene ring substituents is 1. The van der Waals surface area contributed by atoms with Crippen LogP contribution in [-0.2, 0) is 0 Å². The molecule has 0 aliphatic rings. The quantitative estimate of drug-likeness (QED) is 0.346. The first-order valence-electron chi connectivity index (χ1n) is 5.84. The molecule has 8 nitrogen and oxygen atoms in total. The first kappa shape index (κ1) is 14.6. The van der Waals surface area contributed by atoms with Crippen LogP contribution in [-0.4, -0.2) is 21.1 Å². The summed E-state index contributed by atoms with van der Waals surface area (Å²) in [6.07, 6.45) is 1.35. The van der Waals surface area contributed by atoms with E-state index in [2.05, 4.69) is 20.5 Å². The summed E-state index contributed by atoms with van der Waals surface area (Å²) >= 11 is 4.84. The highest BCUT2D eigenvalue weighted by Crippen LogP contribution is 2.15. The normalized spacial score (nSPS) is 10.7. The molecule has 2 aromatic rings. The molecule has 0 spiro atoms. The van der Waals surface area contributed by atoms with Crippen molar-refractivity contribution in [2.75, 3.05) is 5.43 Å². The molecule has 0 atom stereocenters. The molecule has 0 aliphatic heterocycles. The van der Waals surface area contributed by atoms with E-state index in [1.165, 1.54) is 30.5 Å². The highest BCUT2D eigenvalue weighted by atomic mass is 32.1. The Balaban J connectivity index is 2.14. The number of H-pyrrole nitrogens is 2. The number of aryl methyl sites for hydroxylation is 1. The lowest BCUT2D eigenvalue weighted by atomic mass is 10.2. The van der Waals surface area contributed by atoms with Crippen molar-refractivity contribution in [2.45, 2.75) is 6.92 Å². The van der Waals surface area contributed by atoms with E-state index < -0.39 is 4.92 Å². The van der Waals surface area contributed by atoms with Crippen LogP contribution in [0.4, 0.5) is 11.4 Å². The van der Waals surface area contributed by atoms with Crippen LogP contribution < -0.4 is 11.0 Å². The van der Waals surface area contributed by atoms with E-state index in [-0.39, 0.29) is 16.0 Å². The van der Waals surface area contributed by atoms with E-state index in [4.69, 9.17) is 12.2 Å². The van der Waals surface area contributed by atoms with Gasteiger partial charge in [-0.3, -0.25) is 25.3 Å². The van der Waals surface area contributed by atoms with Gasteiger partial charge in [0.05, 0.1) is 22.4 Å². The number of benzene rings is 1.